The average molecular weight is 401 g/mol. The van der Waals surface area contributed by atoms with Gasteiger partial charge in [0.1, 0.15) is 5.78 Å². The minimum Gasteiger partial charge on any atom is -0.662 e. The zero-order valence-corrected chi connectivity index (χ0v) is 16.5. The first kappa shape index (κ1) is 25.9. The number of carbonyl (C=O) groups excluding carboxylic acids is 1. The van der Waals surface area contributed by atoms with E-state index in [1.165, 1.54) is 0 Å². The van der Waals surface area contributed by atoms with Crippen LogP contribution in [0.15, 0.2) is 0 Å². The van der Waals surface area contributed by atoms with Crippen LogP contribution in [-0.4, -0.2) is 67.5 Å². The van der Waals surface area contributed by atoms with Gasteiger partial charge in [0.2, 0.25) is 0 Å². The van der Waals surface area contributed by atoms with Gasteiger partial charge in [0.25, 0.3) is 0 Å². The predicted octanol–water partition coefficient (Wildman–Crippen LogP) is 0.963. The molecule has 0 atom stereocenters. The van der Waals surface area contributed by atoms with Crippen molar-refractivity contribution in [2.45, 2.75) is 50.7 Å². The minimum absolute atomic E-state index is 0. The maximum atomic E-state index is 10.4. The summed E-state index contributed by atoms with van der Waals surface area (Å²) < 4.78 is 0. The number of carbonyl (C=O) groups is 1. The third-order valence-electron chi connectivity index (χ3n) is 3.65. The van der Waals surface area contributed by atoms with Crippen LogP contribution in [0.4, 0.5) is 0 Å². The summed E-state index contributed by atoms with van der Waals surface area (Å²) in [5.74, 6) is 0.370. The fourth-order valence-electron chi connectivity index (χ4n) is 2.19. The Morgan fingerprint density at radius 2 is 1.22 bits per heavy atom. The number of rotatable bonds is 0. The van der Waals surface area contributed by atoms with Crippen molar-refractivity contribution >= 4 is 5.78 Å². The van der Waals surface area contributed by atoms with E-state index in [0.717, 1.165) is 65.0 Å². The zero-order chi connectivity index (χ0) is 15.3. The summed E-state index contributed by atoms with van der Waals surface area (Å²) in [5, 5.41) is 28.9. The molecular weight excluding hydrogens is 372 g/mol. The van der Waals surface area contributed by atoms with Crippen LogP contribution < -0.4 is 5.32 Å². The van der Waals surface area contributed by atoms with E-state index in [-0.39, 0.29) is 49.3 Å². The van der Waals surface area contributed by atoms with Gasteiger partial charge in [-0.25, -0.2) is 0 Å². The van der Waals surface area contributed by atoms with Crippen LogP contribution in [-0.2, 0) is 41.9 Å². The summed E-state index contributed by atoms with van der Waals surface area (Å²) in [5.41, 5.74) is 0. The first-order valence-electron chi connectivity index (χ1n) is 8.03. The maximum Gasteiger partial charge on any atom is 0.129 e. The number of ketones is 1. The molecule has 3 aliphatic rings. The topological polar surface area (TPSA) is 97.8 Å². The molecule has 2 radical (unpaired) electrons. The van der Waals surface area contributed by atoms with Crippen LogP contribution in [0, 0.1) is 0 Å². The van der Waals surface area contributed by atoms with Crippen molar-refractivity contribution in [2.24, 2.45) is 0 Å². The van der Waals surface area contributed by atoms with Crippen molar-refractivity contribution < 1.29 is 52.1 Å². The number of aliphatic hydroxyl groups is 2. The van der Waals surface area contributed by atoms with Crippen molar-refractivity contribution in [2.75, 3.05) is 39.3 Å². The monoisotopic (exact) mass is 401 g/mol. The molecule has 8 heteroatoms. The Morgan fingerprint density at radius 1 is 0.783 bits per heavy atom. The Morgan fingerprint density at radius 3 is 1.48 bits per heavy atom. The van der Waals surface area contributed by atoms with Gasteiger partial charge in [-0.15, -0.1) is 26.2 Å². The predicted molar refractivity (Wildman–Crippen MR) is 83.8 cm³/mol. The first-order valence-corrected chi connectivity index (χ1v) is 8.03. The standard InChI is InChI=1S/C5H11NO.C5H10NO.C5H8NO.2V/c3*7-5-1-3-6-4-2-5;;/h5-7H,1-4H2;5,7H,1-4H2;1-4H2;;/q;2*-1;;. The number of aliphatic hydroxyl groups excluding tert-OH is 2. The molecule has 0 aromatic rings. The van der Waals surface area contributed by atoms with Gasteiger partial charge in [0.05, 0.1) is 12.2 Å². The van der Waals surface area contributed by atoms with Crippen molar-refractivity contribution in [1.82, 2.24) is 5.32 Å². The Balaban J connectivity index is 0. The van der Waals surface area contributed by atoms with Crippen LogP contribution in [0.5, 0.6) is 0 Å². The number of hydrogen-bond donors (Lipinski definition) is 3. The second kappa shape index (κ2) is 17.5. The second-order valence-corrected chi connectivity index (χ2v) is 5.59. The van der Waals surface area contributed by atoms with E-state index in [9.17, 15) is 4.79 Å². The van der Waals surface area contributed by atoms with E-state index in [2.05, 4.69) is 16.0 Å². The molecule has 134 valence electrons. The fourth-order valence-corrected chi connectivity index (χ4v) is 2.19. The Bertz CT molecular complexity index is 251. The van der Waals surface area contributed by atoms with E-state index in [1.54, 1.807) is 0 Å². The van der Waals surface area contributed by atoms with Gasteiger partial charge in [-0.2, -0.15) is 0 Å². The Labute approximate surface area is 163 Å². The molecule has 3 rings (SSSR count). The van der Waals surface area contributed by atoms with E-state index in [4.69, 9.17) is 10.2 Å². The summed E-state index contributed by atoms with van der Waals surface area (Å²) in [6.45, 7) is 5.22. The van der Waals surface area contributed by atoms with Gasteiger partial charge in [-0.3, -0.25) is 4.79 Å². The molecule has 0 unspecified atom stereocenters. The number of hydrogen-bond acceptors (Lipinski definition) is 4. The number of nitrogens with one attached hydrogen (secondary N) is 1. The molecule has 0 amide bonds. The molecule has 3 saturated heterocycles. The van der Waals surface area contributed by atoms with E-state index in [1.807, 2.05) is 0 Å². The molecular formula is C15H29N3O3V2-2. The Hall–Kier alpha value is 0.639. The molecule has 0 aromatic carbocycles. The first-order chi connectivity index (χ1) is 10.2. The van der Waals surface area contributed by atoms with Crippen LogP contribution in [0.1, 0.15) is 38.5 Å². The van der Waals surface area contributed by atoms with Crippen molar-refractivity contribution in [3.63, 3.8) is 0 Å². The van der Waals surface area contributed by atoms with Gasteiger partial charge >= 0.3 is 0 Å². The van der Waals surface area contributed by atoms with E-state index < -0.39 is 0 Å². The van der Waals surface area contributed by atoms with Crippen LogP contribution >= 0.6 is 0 Å². The molecule has 3 fully saturated rings. The van der Waals surface area contributed by atoms with Gasteiger partial charge in [0.15, 0.2) is 0 Å². The molecule has 3 aliphatic heterocycles. The molecule has 23 heavy (non-hydrogen) atoms. The number of piperidine rings is 3. The smallest absolute Gasteiger partial charge is 0.129 e. The van der Waals surface area contributed by atoms with Crippen molar-refractivity contribution in [3.8, 4) is 0 Å². The summed E-state index contributed by atoms with van der Waals surface area (Å²) in [7, 11) is 0. The summed E-state index contributed by atoms with van der Waals surface area (Å²) in [6, 6.07) is 0. The quantitative estimate of drug-likeness (QED) is 0.563. The summed E-state index contributed by atoms with van der Waals surface area (Å²) in [4.78, 5) is 10.4. The molecule has 0 bridgehead atoms. The van der Waals surface area contributed by atoms with Gasteiger partial charge in [-0.1, -0.05) is 0 Å². The fraction of sp³-hybridized carbons (Fsp3) is 0.933. The number of nitrogens with zero attached hydrogens (tertiary/aromatic N) is 2. The van der Waals surface area contributed by atoms with Crippen LogP contribution in [0.25, 0.3) is 10.6 Å². The molecule has 0 aromatic heterocycles. The Kier molecular flexibility index (Phi) is 19.6. The SMILES string of the molecule is O=C1CC[N-]CC1.OC1CCNCC1.OC1CC[N-]CC1.[V].[V]. The molecule has 0 spiro atoms. The normalized spacial score (nSPS) is 22.3. The van der Waals surface area contributed by atoms with E-state index in [0.29, 0.717) is 18.6 Å². The molecule has 3 N–H and O–H groups in total. The molecule has 3 heterocycles. The second-order valence-electron chi connectivity index (χ2n) is 5.59. The van der Waals surface area contributed by atoms with Crippen molar-refractivity contribution in [3.05, 3.63) is 10.6 Å². The third kappa shape index (κ3) is 15.9. The molecule has 6 nitrogen and oxygen atoms in total. The van der Waals surface area contributed by atoms with Gasteiger partial charge in [0, 0.05) is 37.1 Å². The third-order valence-corrected chi connectivity index (χ3v) is 3.65. The average Bonchev–Trinajstić information content (AvgIpc) is 2.51. The van der Waals surface area contributed by atoms with Crippen LogP contribution in [0.2, 0.25) is 0 Å². The molecule has 0 saturated carbocycles. The van der Waals surface area contributed by atoms with Crippen LogP contribution in [0.3, 0.4) is 0 Å². The molecule has 0 aliphatic carbocycles. The summed E-state index contributed by atoms with van der Waals surface area (Å²) >= 11 is 0. The number of Topliss-reactive ketones (excluding diaryl/α,β-unsaturated/α-hetero) is 1. The van der Waals surface area contributed by atoms with E-state index >= 15 is 0 Å². The largest absolute Gasteiger partial charge is 0.662 e. The van der Waals surface area contributed by atoms with Gasteiger partial charge < -0.3 is 26.2 Å². The van der Waals surface area contributed by atoms with Gasteiger partial charge in [-0.05, 0) is 51.6 Å². The maximum absolute atomic E-state index is 10.4. The van der Waals surface area contributed by atoms with Crippen molar-refractivity contribution in [1.29, 1.82) is 0 Å². The summed E-state index contributed by atoms with van der Waals surface area (Å²) in [6.07, 6.45) is 4.89. The zero-order valence-electron chi connectivity index (χ0n) is 13.7. The minimum atomic E-state index is -0.0579.